The van der Waals surface area contributed by atoms with Gasteiger partial charge in [-0.2, -0.15) is 4.91 Å². The lowest BCUT2D eigenvalue weighted by Crippen LogP contribution is -2.27. The first kappa shape index (κ1) is 13.7. The van der Waals surface area contributed by atoms with Gasteiger partial charge in [-0.1, -0.05) is 63.5 Å². The molecular weight excluding hydrogens is 198 g/mol. The number of hydrogen-bond acceptors (Lipinski definition) is 2. The van der Waals surface area contributed by atoms with E-state index in [0.29, 0.717) is 12.0 Å². The average molecular weight is 225 g/mol. The molecule has 94 valence electrons. The number of nitroso groups, excluding NO2 is 1. The minimum absolute atomic E-state index is 0.298. The zero-order chi connectivity index (χ0) is 11.7. The van der Waals surface area contributed by atoms with Gasteiger partial charge in [-0.05, 0) is 24.7 Å². The number of nitrogens with zero attached hydrogens (tertiary/aromatic N) is 1. The molecule has 1 aliphatic carbocycles. The fourth-order valence-electron chi connectivity index (χ4n) is 3.03. The molecule has 1 rings (SSSR count). The lowest BCUT2D eigenvalue weighted by atomic mass is 9.71. The quantitative estimate of drug-likeness (QED) is 0.419. The third-order valence-corrected chi connectivity index (χ3v) is 4.12. The van der Waals surface area contributed by atoms with Crippen LogP contribution >= 0.6 is 0 Å². The van der Waals surface area contributed by atoms with Crippen molar-refractivity contribution in [2.45, 2.75) is 77.6 Å². The summed E-state index contributed by atoms with van der Waals surface area (Å²) in [4.78, 5) is 10.6. The monoisotopic (exact) mass is 225 g/mol. The van der Waals surface area contributed by atoms with Crippen molar-refractivity contribution in [1.82, 2.24) is 0 Å². The number of unbranched alkanes of at least 4 members (excludes halogenated alkanes) is 4. The summed E-state index contributed by atoms with van der Waals surface area (Å²) in [6, 6.07) is 0. The summed E-state index contributed by atoms with van der Waals surface area (Å²) >= 11 is 0. The summed E-state index contributed by atoms with van der Waals surface area (Å²) in [5.41, 5.74) is 0.298. The number of rotatable bonds is 8. The van der Waals surface area contributed by atoms with E-state index in [1.165, 1.54) is 70.6 Å². The van der Waals surface area contributed by atoms with Crippen LogP contribution in [0.1, 0.15) is 77.6 Å². The van der Waals surface area contributed by atoms with Gasteiger partial charge in [0.15, 0.2) is 0 Å². The summed E-state index contributed by atoms with van der Waals surface area (Å²) in [5.74, 6) is 0. The molecule has 0 N–H and O–H groups in total. The zero-order valence-corrected chi connectivity index (χ0v) is 10.8. The summed E-state index contributed by atoms with van der Waals surface area (Å²) < 4.78 is 0. The topological polar surface area (TPSA) is 29.4 Å². The van der Waals surface area contributed by atoms with Crippen molar-refractivity contribution in [3.05, 3.63) is 4.91 Å². The Morgan fingerprint density at radius 3 is 2.31 bits per heavy atom. The van der Waals surface area contributed by atoms with Crippen molar-refractivity contribution in [2.24, 2.45) is 10.6 Å². The minimum Gasteiger partial charge on any atom is -0.151 e. The van der Waals surface area contributed by atoms with Crippen molar-refractivity contribution in [3.8, 4) is 0 Å². The minimum atomic E-state index is 0.298. The maximum absolute atomic E-state index is 10.6. The molecule has 0 aromatic heterocycles. The molecule has 0 amide bonds. The molecule has 0 spiro atoms. The third-order valence-electron chi connectivity index (χ3n) is 4.12. The van der Waals surface area contributed by atoms with E-state index in [4.69, 9.17) is 0 Å². The van der Waals surface area contributed by atoms with Crippen LogP contribution in [0.25, 0.3) is 0 Å². The second kappa shape index (κ2) is 7.81. The van der Waals surface area contributed by atoms with E-state index < -0.39 is 0 Å². The van der Waals surface area contributed by atoms with Crippen LogP contribution in [-0.4, -0.2) is 6.54 Å². The zero-order valence-electron chi connectivity index (χ0n) is 10.8. The Morgan fingerprint density at radius 1 is 1.00 bits per heavy atom. The van der Waals surface area contributed by atoms with Gasteiger partial charge in [-0.15, -0.1) is 0 Å². The predicted molar refractivity (Wildman–Crippen MR) is 69.6 cm³/mol. The Kier molecular flexibility index (Phi) is 6.67. The van der Waals surface area contributed by atoms with Gasteiger partial charge in [0.05, 0.1) is 6.54 Å². The van der Waals surface area contributed by atoms with Gasteiger partial charge in [0.25, 0.3) is 0 Å². The maximum Gasteiger partial charge on any atom is 0.0867 e. The van der Waals surface area contributed by atoms with Crippen molar-refractivity contribution < 1.29 is 0 Å². The normalized spacial score (nSPS) is 19.6. The molecule has 0 bridgehead atoms. The molecule has 0 atom stereocenters. The van der Waals surface area contributed by atoms with E-state index in [1.807, 2.05) is 0 Å². The maximum atomic E-state index is 10.6. The van der Waals surface area contributed by atoms with Crippen molar-refractivity contribution in [1.29, 1.82) is 0 Å². The van der Waals surface area contributed by atoms with Crippen LogP contribution in [0.4, 0.5) is 0 Å². The van der Waals surface area contributed by atoms with Gasteiger partial charge in [0, 0.05) is 0 Å². The van der Waals surface area contributed by atoms with Crippen LogP contribution in [0.2, 0.25) is 0 Å². The molecule has 16 heavy (non-hydrogen) atoms. The highest BCUT2D eigenvalue weighted by Gasteiger charge is 2.31. The SMILES string of the molecule is CCCCCCCC1(CN=O)CCCCC1. The van der Waals surface area contributed by atoms with Crippen LogP contribution in [-0.2, 0) is 0 Å². The van der Waals surface area contributed by atoms with Gasteiger partial charge in [0.2, 0.25) is 0 Å². The summed E-state index contributed by atoms with van der Waals surface area (Å²) in [6.45, 7) is 2.82. The molecule has 1 aliphatic rings. The molecule has 2 nitrogen and oxygen atoms in total. The van der Waals surface area contributed by atoms with E-state index >= 15 is 0 Å². The molecule has 0 saturated heterocycles. The van der Waals surface area contributed by atoms with Crippen molar-refractivity contribution in [3.63, 3.8) is 0 Å². The van der Waals surface area contributed by atoms with Gasteiger partial charge in [-0.25, -0.2) is 0 Å². The average Bonchev–Trinajstić information content (AvgIpc) is 2.30. The van der Waals surface area contributed by atoms with E-state index in [1.54, 1.807) is 0 Å². The van der Waals surface area contributed by atoms with Crippen LogP contribution in [0.15, 0.2) is 5.18 Å². The highest BCUT2D eigenvalue weighted by molar-refractivity contribution is 4.84. The Hall–Kier alpha value is -0.400. The molecule has 0 aliphatic heterocycles. The lowest BCUT2D eigenvalue weighted by molar-refractivity contribution is 0.176. The molecule has 0 aromatic carbocycles. The Bertz CT molecular complexity index is 185. The van der Waals surface area contributed by atoms with Crippen LogP contribution in [0.5, 0.6) is 0 Å². The fourth-order valence-corrected chi connectivity index (χ4v) is 3.03. The largest absolute Gasteiger partial charge is 0.151 e. The first-order valence-corrected chi connectivity index (χ1v) is 7.12. The highest BCUT2D eigenvalue weighted by Crippen LogP contribution is 2.40. The van der Waals surface area contributed by atoms with E-state index in [9.17, 15) is 4.91 Å². The molecule has 1 saturated carbocycles. The summed E-state index contributed by atoms with van der Waals surface area (Å²) in [6.07, 6.45) is 14.4. The van der Waals surface area contributed by atoms with Gasteiger partial charge < -0.3 is 0 Å². The van der Waals surface area contributed by atoms with E-state index in [-0.39, 0.29) is 0 Å². The van der Waals surface area contributed by atoms with E-state index in [2.05, 4.69) is 12.1 Å². The van der Waals surface area contributed by atoms with E-state index in [0.717, 1.165) is 0 Å². The molecule has 1 fully saturated rings. The molecule has 0 radical (unpaired) electrons. The van der Waals surface area contributed by atoms with Gasteiger partial charge >= 0.3 is 0 Å². The lowest BCUT2D eigenvalue weighted by Gasteiger charge is -2.35. The summed E-state index contributed by atoms with van der Waals surface area (Å²) in [5, 5.41) is 3.20. The smallest absolute Gasteiger partial charge is 0.0867 e. The third kappa shape index (κ3) is 4.63. The first-order chi connectivity index (χ1) is 7.83. The van der Waals surface area contributed by atoms with Crippen LogP contribution < -0.4 is 0 Å². The molecule has 2 heteroatoms. The van der Waals surface area contributed by atoms with Crippen LogP contribution in [0.3, 0.4) is 0 Å². The Morgan fingerprint density at radius 2 is 1.69 bits per heavy atom. The second-order valence-electron chi connectivity index (χ2n) is 5.51. The summed E-state index contributed by atoms with van der Waals surface area (Å²) in [7, 11) is 0. The second-order valence-corrected chi connectivity index (χ2v) is 5.51. The fraction of sp³-hybridized carbons (Fsp3) is 1.00. The molecule has 0 aromatic rings. The standard InChI is InChI=1S/C14H27NO/c1-2-3-4-5-7-10-14(13-15-16)11-8-6-9-12-14/h2-13H2,1H3. The van der Waals surface area contributed by atoms with Gasteiger partial charge in [0.1, 0.15) is 0 Å². The molecule has 0 unspecified atom stereocenters. The first-order valence-electron chi connectivity index (χ1n) is 7.12. The molecular formula is C14H27NO. The Labute approximate surface area is 100 Å². The molecule has 0 heterocycles. The van der Waals surface area contributed by atoms with Crippen LogP contribution in [0, 0.1) is 10.3 Å². The highest BCUT2D eigenvalue weighted by atomic mass is 16.3. The number of hydrogen-bond donors (Lipinski definition) is 0. The van der Waals surface area contributed by atoms with Crippen molar-refractivity contribution in [2.75, 3.05) is 6.54 Å². The predicted octanol–water partition coefficient (Wildman–Crippen LogP) is 5.06. The van der Waals surface area contributed by atoms with Gasteiger partial charge in [-0.3, -0.25) is 0 Å². The van der Waals surface area contributed by atoms with Crippen molar-refractivity contribution >= 4 is 0 Å². The Balaban J connectivity index is 2.24.